The summed E-state index contributed by atoms with van der Waals surface area (Å²) >= 11 is 9.53. The number of aliphatic hydroxyl groups excluding tert-OH is 1. The second-order valence-electron chi connectivity index (χ2n) is 20.5. The van der Waals surface area contributed by atoms with E-state index < -0.39 is 66.7 Å². The molecular weight excluding hydrogens is 1470 g/mol. The molecular formula is C69H77B2Cl2F3N16O17. The van der Waals surface area contributed by atoms with Crippen molar-refractivity contribution < 1.29 is 95.4 Å². The first-order chi connectivity index (χ1) is 51.8. The van der Waals surface area contributed by atoms with Gasteiger partial charge in [-0.2, -0.15) is 13.2 Å². The van der Waals surface area contributed by atoms with Crippen LogP contribution < -0.4 is 65.1 Å². The Morgan fingerprint density at radius 3 is 1.07 bits per heavy atom. The maximum atomic E-state index is 11.7. The number of esters is 2. The number of hydrogen-bond acceptors (Lipinski definition) is 24. The predicted octanol–water partition coefficient (Wildman–Crippen LogP) is 8.01. The lowest BCUT2D eigenvalue weighted by Crippen LogP contribution is -2.31. The van der Waals surface area contributed by atoms with Crippen LogP contribution in [-0.2, 0) is 62.7 Å². The lowest BCUT2D eigenvalue weighted by molar-refractivity contribution is -0.192. The standard InChI is InChI=1S/C17H17BN4O3.C16H18N4O2.C15H15N3O2.C12H16N4O3.C4H4O3.C2H4BNO2.C2HF3O2.CH2Cl2/c18-16(23)21-11-20-14-8-6-13(7-9-14)15(19)22-17(24)25-10-12-4-2-1-3-5-12;17-11-19-14-8-6-13(7-9-14)15(18)20-16(21)22-10-12-4-2-1-3-5-12;16-13-8-6-12(7-9-13)14(17)18-15(19)20-10-11-4-2-1-3-5-11;13-12(14)8-1-3-9(4-2-8)15-7-16-10(17)5-6-11(18)19;5-3-1-2-4(6)7-3;3-2(6)4-1-5;3-2(4,5)1(6)7;2-1-3/h1-9,20H,10-11H2,(H,21,23)(H2,19,22,24);1-9,19H,10-11,17H2,(H2,18,20,21);1-9H,10,16H2,(H2,17,18,19);1-4,15H,5-7H2,(H3,13,14)(H,16,17)(H,18,19);1-2H2;5H,1H2,(H,4,6);(H,6,7);1H2. The summed E-state index contributed by atoms with van der Waals surface area (Å²) in [7, 11) is 9.45. The van der Waals surface area contributed by atoms with Crippen molar-refractivity contribution in [2.45, 2.75) is 51.7 Å². The molecule has 33 nitrogen and oxygen atoms in total. The summed E-state index contributed by atoms with van der Waals surface area (Å²) in [6, 6.07) is 55.2. The Morgan fingerprint density at radius 2 is 0.807 bits per heavy atom. The van der Waals surface area contributed by atoms with E-state index in [1.807, 2.05) is 96.3 Å². The van der Waals surface area contributed by atoms with Gasteiger partial charge in [-0.05, 0) is 114 Å². The number of aliphatic carboxylic acids is 2. The molecule has 576 valence electrons. The maximum Gasteiger partial charge on any atom is 0.490 e. The molecule has 0 atom stereocenters. The normalized spacial score (nSPS) is 10.3. The predicted molar refractivity (Wildman–Crippen MR) is 402 cm³/mol. The van der Waals surface area contributed by atoms with E-state index in [4.69, 9.17) is 104 Å². The quantitative estimate of drug-likeness (QED) is 0.00351. The van der Waals surface area contributed by atoms with Crippen LogP contribution in [0.1, 0.15) is 64.6 Å². The number of amidine groups is 4. The van der Waals surface area contributed by atoms with Crippen molar-refractivity contribution in [2.75, 3.05) is 53.8 Å². The number of halogens is 5. The summed E-state index contributed by atoms with van der Waals surface area (Å²) in [4.78, 5) is 105. The highest BCUT2D eigenvalue weighted by atomic mass is 35.5. The van der Waals surface area contributed by atoms with Crippen LogP contribution in [0.5, 0.6) is 0 Å². The molecule has 1 saturated heterocycles. The summed E-state index contributed by atoms with van der Waals surface area (Å²) in [5.41, 5.74) is 24.1. The topological polar surface area (TPSA) is 550 Å². The largest absolute Gasteiger partial charge is 0.490 e. The zero-order valence-corrected chi connectivity index (χ0v) is 59.2. The number of ether oxygens (including phenoxy) is 4. The third kappa shape index (κ3) is 47.1. The van der Waals surface area contributed by atoms with E-state index in [0.717, 1.165) is 33.8 Å². The number of amides is 6. The third-order valence-corrected chi connectivity index (χ3v) is 12.3. The molecule has 0 unspecified atom stereocenters. The first kappa shape index (κ1) is 94.0. The molecule has 8 rings (SSSR count). The SMILES string of the molecule is ClCCl.N=C(N)c1ccc(NCNC(=O)CCC(=O)O)cc1.N=C(NC(=O)OCc1ccccc1)c1ccc(N)cc1.N=C(NC(=O)OCc1ccccc1)c1ccc(NCN)cc1.O=C(O)C(F)(F)F.O=C1CCC(=O)O1.[B]C(=O)NCNc1ccc(C(=N)NC(=O)OCc2ccccc2)cc1.[B]C(=O)NCO. The van der Waals surface area contributed by atoms with E-state index in [1.54, 1.807) is 97.1 Å². The first-order valence-corrected chi connectivity index (χ1v) is 32.3. The maximum absolute atomic E-state index is 11.7. The minimum atomic E-state index is -5.08. The summed E-state index contributed by atoms with van der Waals surface area (Å²) in [6.07, 6.45) is -6.78. The minimum absolute atomic E-state index is 0.00600. The van der Waals surface area contributed by atoms with Crippen LogP contribution in [0.25, 0.3) is 0 Å². The number of alkyl carbamates (subject to hydrolysis) is 3. The van der Waals surface area contributed by atoms with Crippen molar-refractivity contribution in [1.29, 1.82) is 21.6 Å². The zero-order valence-electron chi connectivity index (χ0n) is 57.7. The molecule has 1 heterocycles. The molecule has 7 aromatic carbocycles. The number of carboxylic acid groups (broad SMARTS) is 2. The number of rotatable bonds is 22. The van der Waals surface area contributed by atoms with Crippen LogP contribution in [0.2, 0.25) is 0 Å². The number of benzene rings is 7. The summed E-state index contributed by atoms with van der Waals surface area (Å²) in [6.45, 7) is 0.806. The molecule has 22 N–H and O–H groups in total. The average Bonchev–Trinajstić information content (AvgIpc) is 1.59. The lowest BCUT2D eigenvalue weighted by Gasteiger charge is -2.10. The Morgan fingerprint density at radius 1 is 0.495 bits per heavy atom. The molecule has 1 aliphatic rings. The number of alkyl halides is 5. The van der Waals surface area contributed by atoms with Gasteiger partial charge < -0.3 is 83.4 Å². The number of carbonyl (C=O) groups is 10. The molecule has 0 bridgehead atoms. The molecule has 7 aromatic rings. The highest BCUT2D eigenvalue weighted by Crippen LogP contribution is 2.15. The Balaban J connectivity index is 0.000000663. The molecule has 4 radical (unpaired) electrons. The zero-order chi connectivity index (χ0) is 81.5. The fourth-order valence-corrected chi connectivity index (χ4v) is 7.14. The number of nitrogen functional groups attached to an aromatic ring is 2. The van der Waals surface area contributed by atoms with E-state index in [0.29, 0.717) is 34.6 Å². The van der Waals surface area contributed by atoms with Gasteiger partial charge in [-0.15, -0.1) is 23.2 Å². The van der Waals surface area contributed by atoms with Crippen LogP contribution in [0.4, 0.5) is 59.9 Å². The Bertz CT molecular complexity index is 4010. The van der Waals surface area contributed by atoms with Gasteiger partial charge in [-0.1, -0.05) is 91.0 Å². The van der Waals surface area contributed by atoms with Gasteiger partial charge in [-0.25, -0.2) is 19.2 Å². The fourth-order valence-electron chi connectivity index (χ4n) is 7.14. The van der Waals surface area contributed by atoms with Crippen molar-refractivity contribution in [3.63, 3.8) is 0 Å². The van der Waals surface area contributed by atoms with E-state index >= 15 is 0 Å². The molecule has 0 spiro atoms. The van der Waals surface area contributed by atoms with Crippen LogP contribution in [0, 0.1) is 21.6 Å². The minimum Gasteiger partial charge on any atom is -0.481 e. The Kier molecular flexibility index (Phi) is 47.0. The highest BCUT2D eigenvalue weighted by Gasteiger charge is 2.38. The van der Waals surface area contributed by atoms with Crippen molar-refractivity contribution in [3.8, 4) is 0 Å². The van der Waals surface area contributed by atoms with Crippen LogP contribution >= 0.6 is 23.2 Å². The number of nitrogens with one attached hydrogen (secondary N) is 13. The molecule has 0 saturated carbocycles. The summed E-state index contributed by atoms with van der Waals surface area (Å²) in [5.74, 6) is -6.32. The molecule has 0 aromatic heterocycles. The number of carboxylic acids is 2. The second-order valence-corrected chi connectivity index (χ2v) is 21.3. The van der Waals surface area contributed by atoms with Gasteiger partial charge in [0.25, 0.3) is 0 Å². The number of carbonyl (C=O) groups excluding carboxylic acids is 8. The first-order valence-electron chi connectivity index (χ1n) is 31.2. The van der Waals surface area contributed by atoms with Gasteiger partial charge in [0.05, 0.1) is 44.6 Å². The van der Waals surface area contributed by atoms with Crippen LogP contribution in [0.15, 0.2) is 188 Å². The van der Waals surface area contributed by atoms with E-state index in [9.17, 15) is 56.3 Å². The molecule has 40 heteroatoms. The molecule has 1 aliphatic heterocycles. The van der Waals surface area contributed by atoms with Crippen LogP contribution in [0.3, 0.4) is 0 Å². The van der Waals surface area contributed by atoms with Gasteiger partial charge in [0.1, 0.15) is 49.9 Å². The summed E-state index contributed by atoms with van der Waals surface area (Å²) < 4.78 is 51.0. The fraction of sp³-hybridized carbons (Fsp3) is 0.188. The third-order valence-electron chi connectivity index (χ3n) is 12.3. The van der Waals surface area contributed by atoms with E-state index in [1.165, 1.54) is 0 Å². The number of hydrogen-bond donors (Lipinski definition) is 19. The average molecular weight is 1550 g/mol. The van der Waals surface area contributed by atoms with Gasteiger partial charge in [0.15, 0.2) is 11.6 Å². The monoisotopic (exact) mass is 1550 g/mol. The molecule has 109 heavy (non-hydrogen) atoms. The Labute approximate surface area is 634 Å². The van der Waals surface area contributed by atoms with Crippen LogP contribution in [-0.4, -0.2) is 152 Å². The molecule has 6 amide bonds. The van der Waals surface area contributed by atoms with Gasteiger partial charge in [0.2, 0.25) is 21.6 Å². The van der Waals surface area contributed by atoms with Gasteiger partial charge >= 0.3 is 48.3 Å². The highest BCUT2D eigenvalue weighted by molar-refractivity contribution is 6.57. The van der Waals surface area contributed by atoms with Gasteiger partial charge in [-0.3, -0.25) is 66.4 Å². The number of nitrogens with two attached hydrogens (primary N) is 3. The molecule has 1 fully saturated rings. The smallest absolute Gasteiger partial charge is 0.481 e. The summed E-state index contributed by atoms with van der Waals surface area (Å²) in [5, 5.41) is 77.1. The van der Waals surface area contributed by atoms with E-state index in [-0.39, 0.29) is 93.4 Å². The van der Waals surface area contributed by atoms with Crippen molar-refractivity contribution in [3.05, 3.63) is 227 Å². The van der Waals surface area contributed by atoms with Gasteiger partial charge in [0, 0.05) is 51.4 Å². The van der Waals surface area contributed by atoms with Crippen molar-refractivity contribution in [1.82, 2.24) is 31.9 Å². The number of anilines is 4. The number of aliphatic hydroxyl groups is 1. The van der Waals surface area contributed by atoms with Crippen molar-refractivity contribution in [2.24, 2.45) is 11.5 Å². The van der Waals surface area contributed by atoms with E-state index in [2.05, 4.69) is 55.1 Å². The second kappa shape index (κ2) is 54.5. The lowest BCUT2D eigenvalue weighted by atomic mass is 10.1. The molecule has 0 aliphatic carbocycles. The Hall–Kier alpha value is -13.1. The van der Waals surface area contributed by atoms with Crippen molar-refractivity contribution >= 4 is 145 Å². The number of cyclic esters (lactones) is 2.